The number of nitrogen functional groups attached to an aromatic ring is 1. The van der Waals surface area contributed by atoms with E-state index in [1.165, 1.54) is 23.1 Å². The van der Waals surface area contributed by atoms with E-state index in [1.807, 2.05) is 24.3 Å². The van der Waals surface area contributed by atoms with Crippen molar-refractivity contribution in [2.24, 2.45) is 0 Å². The lowest BCUT2D eigenvalue weighted by Crippen LogP contribution is -2.13. The highest BCUT2D eigenvalue weighted by molar-refractivity contribution is 8.00. The minimum absolute atomic E-state index is 0.133. The number of nitrogens with one attached hydrogen (secondary N) is 1. The minimum atomic E-state index is -0.133. The summed E-state index contributed by atoms with van der Waals surface area (Å²) in [6.07, 6.45) is 0. The summed E-state index contributed by atoms with van der Waals surface area (Å²) in [7, 11) is 0. The van der Waals surface area contributed by atoms with Crippen LogP contribution in [0.1, 0.15) is 5.56 Å². The number of nitriles is 1. The molecule has 1 amide bonds. The molecule has 6 heteroatoms. The first-order valence-electron chi connectivity index (χ1n) is 5.45. The van der Waals surface area contributed by atoms with Gasteiger partial charge in [-0.05, 0) is 29.6 Å². The van der Waals surface area contributed by atoms with E-state index in [1.54, 1.807) is 17.5 Å². The lowest BCUT2D eigenvalue weighted by Gasteiger charge is -2.04. The average Bonchev–Trinajstić information content (AvgIpc) is 2.84. The Hall–Kier alpha value is -1.97. The van der Waals surface area contributed by atoms with Gasteiger partial charge < -0.3 is 11.1 Å². The third-order valence-electron chi connectivity index (χ3n) is 2.27. The van der Waals surface area contributed by atoms with Crippen LogP contribution in [0.2, 0.25) is 0 Å². The smallest absolute Gasteiger partial charge is 0.235 e. The molecule has 0 radical (unpaired) electrons. The maximum Gasteiger partial charge on any atom is 0.235 e. The first-order chi connectivity index (χ1) is 9.19. The Morgan fingerprint density at radius 1 is 1.47 bits per heavy atom. The van der Waals surface area contributed by atoms with Crippen LogP contribution in [0.3, 0.4) is 0 Å². The molecule has 1 heterocycles. The predicted molar refractivity (Wildman–Crippen MR) is 79.2 cm³/mol. The van der Waals surface area contributed by atoms with Gasteiger partial charge in [-0.1, -0.05) is 6.07 Å². The number of hydrogen-bond acceptors (Lipinski definition) is 5. The fourth-order valence-electron chi connectivity index (χ4n) is 1.41. The van der Waals surface area contributed by atoms with Gasteiger partial charge in [0, 0.05) is 10.6 Å². The molecule has 0 aliphatic heterocycles. The van der Waals surface area contributed by atoms with Crippen molar-refractivity contribution in [3.63, 3.8) is 0 Å². The molecule has 1 aromatic carbocycles. The van der Waals surface area contributed by atoms with Gasteiger partial charge in [-0.3, -0.25) is 4.79 Å². The summed E-state index contributed by atoms with van der Waals surface area (Å²) < 4.78 is 0. The van der Waals surface area contributed by atoms with E-state index < -0.39 is 0 Å². The van der Waals surface area contributed by atoms with Crippen LogP contribution in [-0.4, -0.2) is 11.7 Å². The molecule has 0 aliphatic carbocycles. The van der Waals surface area contributed by atoms with Crippen LogP contribution in [0.25, 0.3) is 0 Å². The largest absolute Gasteiger partial charge is 0.399 e. The number of benzene rings is 1. The first-order valence-corrected chi connectivity index (χ1v) is 7.31. The Bertz CT molecular complexity index is 631. The highest BCUT2D eigenvalue weighted by Gasteiger charge is 2.08. The van der Waals surface area contributed by atoms with Crippen molar-refractivity contribution in [2.75, 3.05) is 16.8 Å². The number of carbonyl (C=O) groups is 1. The van der Waals surface area contributed by atoms with E-state index in [0.29, 0.717) is 16.3 Å². The van der Waals surface area contributed by atoms with Crippen LogP contribution in [-0.2, 0) is 4.79 Å². The molecule has 4 nitrogen and oxygen atoms in total. The van der Waals surface area contributed by atoms with Crippen molar-refractivity contribution in [2.45, 2.75) is 4.90 Å². The van der Waals surface area contributed by atoms with Gasteiger partial charge in [-0.25, -0.2) is 0 Å². The third-order valence-corrected chi connectivity index (χ3v) is 4.09. The molecule has 0 fully saturated rings. The molecule has 0 aliphatic rings. The second-order valence-electron chi connectivity index (χ2n) is 3.68. The lowest BCUT2D eigenvalue weighted by atomic mass is 10.3. The van der Waals surface area contributed by atoms with E-state index in [-0.39, 0.29) is 11.7 Å². The number of amides is 1. The van der Waals surface area contributed by atoms with Crippen molar-refractivity contribution in [3.05, 3.63) is 41.3 Å². The van der Waals surface area contributed by atoms with Crippen LogP contribution in [0.4, 0.5) is 10.7 Å². The van der Waals surface area contributed by atoms with Crippen molar-refractivity contribution < 1.29 is 4.79 Å². The topological polar surface area (TPSA) is 78.9 Å². The van der Waals surface area contributed by atoms with Gasteiger partial charge >= 0.3 is 0 Å². The van der Waals surface area contributed by atoms with E-state index in [2.05, 4.69) is 5.32 Å². The Labute approximate surface area is 119 Å². The number of nitrogens with zero attached hydrogens (tertiary/aromatic N) is 1. The SMILES string of the molecule is N#Cc1ccsc1NC(=O)CSc1cccc(N)c1. The van der Waals surface area contributed by atoms with Crippen molar-refractivity contribution >= 4 is 39.7 Å². The number of anilines is 2. The van der Waals surface area contributed by atoms with E-state index in [0.717, 1.165) is 4.90 Å². The van der Waals surface area contributed by atoms with E-state index in [4.69, 9.17) is 11.0 Å². The van der Waals surface area contributed by atoms with Gasteiger partial charge in [0.2, 0.25) is 5.91 Å². The van der Waals surface area contributed by atoms with Crippen LogP contribution >= 0.6 is 23.1 Å². The summed E-state index contributed by atoms with van der Waals surface area (Å²) in [5.41, 5.74) is 6.83. The standard InChI is InChI=1S/C13H11N3OS2/c14-7-9-4-5-18-13(9)16-12(17)8-19-11-3-1-2-10(15)6-11/h1-6H,8,15H2,(H,16,17). The van der Waals surface area contributed by atoms with Crippen LogP contribution in [0.5, 0.6) is 0 Å². The Balaban J connectivity index is 1.91. The highest BCUT2D eigenvalue weighted by atomic mass is 32.2. The summed E-state index contributed by atoms with van der Waals surface area (Å²) in [5, 5.41) is 14.0. The molecule has 0 unspecified atom stereocenters. The van der Waals surface area contributed by atoms with Gasteiger partial charge in [0.25, 0.3) is 0 Å². The molecule has 2 rings (SSSR count). The summed E-state index contributed by atoms with van der Waals surface area (Å²) >= 11 is 2.75. The molecule has 96 valence electrons. The number of rotatable bonds is 4. The molecule has 0 atom stereocenters. The van der Waals surface area contributed by atoms with Crippen LogP contribution < -0.4 is 11.1 Å². The van der Waals surface area contributed by atoms with Gasteiger partial charge in [0.1, 0.15) is 11.1 Å². The Kier molecular flexibility index (Phi) is 4.44. The fourth-order valence-corrected chi connectivity index (χ4v) is 2.93. The summed E-state index contributed by atoms with van der Waals surface area (Å²) in [6, 6.07) is 11.1. The van der Waals surface area contributed by atoms with Gasteiger partial charge in [0.15, 0.2) is 0 Å². The molecule has 0 saturated carbocycles. The van der Waals surface area contributed by atoms with Gasteiger partial charge in [-0.15, -0.1) is 23.1 Å². The fraction of sp³-hybridized carbons (Fsp3) is 0.0769. The second kappa shape index (κ2) is 6.27. The molecular weight excluding hydrogens is 278 g/mol. The summed E-state index contributed by atoms with van der Waals surface area (Å²) in [6.45, 7) is 0. The maximum absolute atomic E-state index is 11.8. The molecule has 0 spiro atoms. The third kappa shape index (κ3) is 3.74. The molecule has 2 aromatic rings. The second-order valence-corrected chi connectivity index (χ2v) is 5.65. The molecule has 1 aromatic heterocycles. The van der Waals surface area contributed by atoms with Gasteiger partial charge in [0.05, 0.1) is 11.3 Å². The summed E-state index contributed by atoms with van der Waals surface area (Å²) in [5.74, 6) is 0.151. The van der Waals surface area contributed by atoms with E-state index >= 15 is 0 Å². The lowest BCUT2D eigenvalue weighted by molar-refractivity contribution is -0.113. The quantitative estimate of drug-likeness (QED) is 0.670. The molecule has 0 bridgehead atoms. The maximum atomic E-state index is 11.8. The zero-order valence-corrected chi connectivity index (χ0v) is 11.6. The highest BCUT2D eigenvalue weighted by Crippen LogP contribution is 2.24. The zero-order chi connectivity index (χ0) is 13.7. The monoisotopic (exact) mass is 289 g/mol. The molecular formula is C13H11N3OS2. The van der Waals surface area contributed by atoms with Crippen molar-refractivity contribution in [1.82, 2.24) is 0 Å². The molecule has 19 heavy (non-hydrogen) atoms. The normalized spacial score (nSPS) is 9.84. The van der Waals surface area contributed by atoms with E-state index in [9.17, 15) is 4.79 Å². The van der Waals surface area contributed by atoms with Crippen molar-refractivity contribution in [1.29, 1.82) is 5.26 Å². The number of nitrogens with two attached hydrogens (primary N) is 1. The first kappa shape index (κ1) is 13.5. The predicted octanol–water partition coefficient (Wildman–Crippen LogP) is 2.93. The average molecular weight is 289 g/mol. The van der Waals surface area contributed by atoms with Crippen LogP contribution in [0.15, 0.2) is 40.6 Å². The van der Waals surface area contributed by atoms with Crippen LogP contribution in [0, 0.1) is 11.3 Å². The zero-order valence-electron chi connectivity index (χ0n) is 9.92. The molecule has 3 N–H and O–H groups in total. The minimum Gasteiger partial charge on any atom is -0.399 e. The number of thioether (sulfide) groups is 1. The summed E-state index contributed by atoms with van der Waals surface area (Å²) in [4.78, 5) is 12.7. The molecule has 0 saturated heterocycles. The number of thiophene rings is 1. The Morgan fingerprint density at radius 3 is 3.05 bits per heavy atom. The number of hydrogen-bond donors (Lipinski definition) is 2. The number of carbonyl (C=O) groups excluding carboxylic acids is 1. The Morgan fingerprint density at radius 2 is 2.32 bits per heavy atom. The van der Waals surface area contributed by atoms with Gasteiger partial charge in [-0.2, -0.15) is 5.26 Å². The van der Waals surface area contributed by atoms with Crippen molar-refractivity contribution in [3.8, 4) is 6.07 Å².